The topological polar surface area (TPSA) is 75.4 Å². The largest absolute Gasteiger partial charge is 2.00 e. The third-order valence-electron chi connectivity index (χ3n) is 1.02. The second-order valence-electron chi connectivity index (χ2n) is 1.76. The molecule has 7 heteroatoms. The van der Waals surface area contributed by atoms with Gasteiger partial charge in [-0.15, -0.1) is 0 Å². The average Bonchev–Trinajstić information content (AvgIpc) is 1.87. The molecule has 0 aliphatic heterocycles. The minimum Gasteiger partial charge on any atom is -0.852 e. The number of nitrogens with zero attached hydrogens (tertiary/aromatic N) is 1. The Morgan fingerprint density at radius 1 is 1.23 bits per heavy atom. The minimum atomic E-state index is -0.750. The Hall–Kier alpha value is 0.640. The first-order valence-electron chi connectivity index (χ1n) is 3.38. The molecule has 0 radical (unpaired) electrons. The van der Waals surface area contributed by atoms with Crippen molar-refractivity contribution < 1.29 is 10.2 Å². The van der Waals surface area contributed by atoms with Crippen molar-refractivity contribution >= 4 is 72.5 Å². The predicted molar refractivity (Wildman–Crippen MR) is 58.1 cm³/mol. The summed E-state index contributed by atoms with van der Waals surface area (Å²) in [5.41, 5.74) is 4.29. The maximum Gasteiger partial charge on any atom is 2.00 e. The van der Waals surface area contributed by atoms with Crippen molar-refractivity contribution in [2.24, 2.45) is 5.73 Å². The maximum absolute atomic E-state index is 10.3. The van der Waals surface area contributed by atoms with Gasteiger partial charge in [0.05, 0.1) is 0 Å². The summed E-state index contributed by atoms with van der Waals surface area (Å²) in [7, 11) is 0. The van der Waals surface area contributed by atoms with E-state index >= 15 is 0 Å². The predicted octanol–water partition coefficient (Wildman–Crippen LogP) is -1.82. The van der Waals surface area contributed by atoms with Crippen LogP contribution in [0, 0.1) is 0 Å². The standard InChI is InChI=1S/C5H11NOS.CH3NOS.Ca/c1-3-6(4-2)5(7)8;2-1(3)4;/h3-4H2,1-2H3,(H,7,8);(H3,2,3,4);/q;;+2/p-2. The third-order valence-corrected chi connectivity index (χ3v) is 1.28. The van der Waals surface area contributed by atoms with Gasteiger partial charge >= 0.3 is 37.7 Å². The van der Waals surface area contributed by atoms with Gasteiger partial charge in [0.15, 0.2) is 0 Å². The van der Waals surface area contributed by atoms with Gasteiger partial charge in [0.25, 0.3) is 0 Å². The van der Waals surface area contributed by atoms with Gasteiger partial charge in [-0.1, -0.05) is 24.4 Å². The minimum absolute atomic E-state index is 0. The van der Waals surface area contributed by atoms with E-state index in [0.717, 1.165) is 13.1 Å². The van der Waals surface area contributed by atoms with Crippen LogP contribution in [0.3, 0.4) is 0 Å². The van der Waals surface area contributed by atoms with Gasteiger partial charge in [-0.2, -0.15) is 0 Å². The molecule has 72 valence electrons. The molecule has 0 saturated heterocycles. The Morgan fingerprint density at radius 3 is 1.46 bits per heavy atom. The summed E-state index contributed by atoms with van der Waals surface area (Å²) < 4.78 is 0. The fourth-order valence-electron chi connectivity index (χ4n) is 0.482. The van der Waals surface area contributed by atoms with Crippen LogP contribution in [0.25, 0.3) is 0 Å². The zero-order valence-corrected chi connectivity index (χ0v) is 11.6. The van der Waals surface area contributed by atoms with Crippen LogP contribution in [0.1, 0.15) is 13.8 Å². The molecule has 4 nitrogen and oxygen atoms in total. The molecule has 0 spiro atoms. The van der Waals surface area contributed by atoms with Gasteiger partial charge in [0.1, 0.15) is 0 Å². The Labute approximate surface area is 119 Å². The van der Waals surface area contributed by atoms with Crippen LogP contribution >= 0.6 is 24.4 Å². The summed E-state index contributed by atoms with van der Waals surface area (Å²) in [5, 5.41) is 18.4. The van der Waals surface area contributed by atoms with Crippen molar-refractivity contribution in [2.45, 2.75) is 13.8 Å². The SMILES string of the molecule is CCN(CC)C([O-])=S.NC([O-])=S.[Ca+2]. The van der Waals surface area contributed by atoms with Crippen LogP contribution < -0.4 is 15.9 Å². The van der Waals surface area contributed by atoms with E-state index in [4.69, 9.17) is 5.11 Å². The molecule has 0 aliphatic carbocycles. The van der Waals surface area contributed by atoms with Crippen LogP contribution in [0.15, 0.2) is 0 Å². The molecule has 0 aromatic heterocycles. The second-order valence-corrected chi connectivity index (χ2v) is 2.51. The first-order valence-corrected chi connectivity index (χ1v) is 4.19. The zero-order chi connectivity index (χ0) is 10.1. The number of rotatable bonds is 2. The summed E-state index contributed by atoms with van der Waals surface area (Å²) in [6, 6.07) is 0. The van der Waals surface area contributed by atoms with Crippen molar-refractivity contribution in [1.29, 1.82) is 0 Å². The van der Waals surface area contributed by atoms with E-state index in [9.17, 15) is 5.11 Å². The van der Waals surface area contributed by atoms with Crippen molar-refractivity contribution in [3.05, 3.63) is 0 Å². The van der Waals surface area contributed by atoms with Crippen LogP contribution in [-0.2, 0) is 0 Å². The van der Waals surface area contributed by atoms with Crippen LogP contribution in [0.2, 0.25) is 0 Å². The Bertz CT molecular complexity index is 150. The Kier molecular flexibility index (Phi) is 18.7. The normalized spacial score (nSPS) is 7.23. The van der Waals surface area contributed by atoms with Gasteiger partial charge in [-0.05, 0) is 13.8 Å². The molecule has 0 aromatic carbocycles. The average molecular weight is 248 g/mol. The number of thiocarbonyl (C=S) groups is 2. The molecule has 13 heavy (non-hydrogen) atoms. The number of hydrogen-bond acceptors (Lipinski definition) is 4. The molecule has 0 amide bonds. The third kappa shape index (κ3) is 19.2. The van der Waals surface area contributed by atoms with Crippen LogP contribution in [0.4, 0.5) is 0 Å². The zero-order valence-electron chi connectivity index (χ0n) is 7.78. The summed E-state index contributed by atoms with van der Waals surface area (Å²) in [6.07, 6.45) is 0. The van der Waals surface area contributed by atoms with E-state index in [-0.39, 0.29) is 42.9 Å². The Balaban J connectivity index is -0.000000173. The van der Waals surface area contributed by atoms with Gasteiger partial charge in [0.2, 0.25) is 0 Å². The van der Waals surface area contributed by atoms with E-state index in [0.29, 0.717) is 0 Å². The van der Waals surface area contributed by atoms with Gasteiger partial charge in [0, 0.05) is 23.4 Å². The molecule has 2 N–H and O–H groups in total. The van der Waals surface area contributed by atoms with Crippen molar-refractivity contribution in [2.75, 3.05) is 13.1 Å². The van der Waals surface area contributed by atoms with Crippen molar-refractivity contribution in [3.8, 4) is 0 Å². The first-order chi connectivity index (χ1) is 5.45. The quantitative estimate of drug-likeness (QED) is 0.458. The first kappa shape index (κ1) is 19.2. The molecule has 0 aliphatic rings. The molecule has 0 rings (SSSR count). The Morgan fingerprint density at radius 2 is 1.46 bits per heavy atom. The summed E-state index contributed by atoms with van der Waals surface area (Å²) in [5.74, 6) is 0. The monoisotopic (exact) mass is 248 g/mol. The molecular weight excluding hydrogens is 236 g/mol. The van der Waals surface area contributed by atoms with E-state index < -0.39 is 5.17 Å². The van der Waals surface area contributed by atoms with Crippen molar-refractivity contribution in [1.82, 2.24) is 4.90 Å². The molecule has 0 unspecified atom stereocenters. The van der Waals surface area contributed by atoms with Gasteiger partial charge < -0.3 is 20.8 Å². The molecular formula is C6H12CaN2O2S2. The number of nitrogens with two attached hydrogens (primary N) is 1. The fraction of sp³-hybridized carbons (Fsp3) is 0.667. The number of hydrogen-bond donors (Lipinski definition) is 1. The van der Waals surface area contributed by atoms with Crippen LogP contribution in [-0.4, -0.2) is 66.1 Å². The fourth-order valence-corrected chi connectivity index (χ4v) is 0.740. The van der Waals surface area contributed by atoms with Gasteiger partial charge in [-0.3, -0.25) is 0 Å². The maximum atomic E-state index is 10.3. The van der Waals surface area contributed by atoms with E-state index in [1.807, 2.05) is 13.8 Å². The van der Waals surface area contributed by atoms with Gasteiger partial charge in [-0.25, -0.2) is 0 Å². The molecule has 0 aromatic rings. The molecule has 0 saturated carbocycles. The van der Waals surface area contributed by atoms with Crippen molar-refractivity contribution in [3.63, 3.8) is 0 Å². The summed E-state index contributed by atoms with van der Waals surface area (Å²) in [6.45, 7) is 5.26. The summed E-state index contributed by atoms with van der Waals surface area (Å²) >= 11 is 8.14. The molecule has 0 bridgehead atoms. The molecule has 0 atom stereocenters. The smallest absolute Gasteiger partial charge is 0.852 e. The molecule has 0 heterocycles. The molecule has 0 fully saturated rings. The summed E-state index contributed by atoms with van der Waals surface area (Å²) in [4.78, 5) is 1.59. The van der Waals surface area contributed by atoms with E-state index in [2.05, 4.69) is 30.2 Å². The second kappa shape index (κ2) is 12.6. The van der Waals surface area contributed by atoms with Crippen LogP contribution in [0.5, 0.6) is 0 Å². The van der Waals surface area contributed by atoms with E-state index in [1.165, 1.54) is 0 Å². The van der Waals surface area contributed by atoms with E-state index in [1.54, 1.807) is 4.90 Å².